The fourth-order valence-corrected chi connectivity index (χ4v) is 3.70. The number of hydrogen-bond acceptors (Lipinski definition) is 5. The van der Waals surface area contributed by atoms with E-state index in [1.807, 2.05) is 29.6 Å². The molecule has 1 aliphatic rings. The molecular formula is C16H14ClN3OS. The zero-order valence-corrected chi connectivity index (χ0v) is 13.4. The number of hydrogen-bond donors (Lipinski definition) is 0. The third-order valence-corrected chi connectivity index (χ3v) is 5.05. The summed E-state index contributed by atoms with van der Waals surface area (Å²) < 4.78 is 5.45. The number of para-hydroxylation sites is 1. The minimum atomic E-state index is 0.695. The summed E-state index contributed by atoms with van der Waals surface area (Å²) in [5.74, 6) is 1.66. The largest absolute Gasteiger partial charge is 0.378 e. The molecule has 0 bridgehead atoms. The van der Waals surface area contributed by atoms with Crippen LogP contribution in [-0.2, 0) is 4.74 Å². The highest BCUT2D eigenvalue weighted by molar-refractivity contribution is 7.14. The average Bonchev–Trinajstić information content (AvgIpc) is 3.01. The fourth-order valence-electron chi connectivity index (χ4n) is 2.63. The van der Waals surface area contributed by atoms with Gasteiger partial charge in [-0.15, -0.1) is 11.3 Å². The topological polar surface area (TPSA) is 38.2 Å². The van der Waals surface area contributed by atoms with Crippen LogP contribution in [0.5, 0.6) is 0 Å². The molecule has 0 spiro atoms. The molecule has 1 aromatic carbocycles. The van der Waals surface area contributed by atoms with Crippen molar-refractivity contribution in [3.63, 3.8) is 0 Å². The molecule has 1 fully saturated rings. The summed E-state index contributed by atoms with van der Waals surface area (Å²) in [5, 5.41) is 3.74. The molecule has 0 atom stereocenters. The Morgan fingerprint density at radius 1 is 1.09 bits per heavy atom. The molecule has 0 saturated carbocycles. The Hall–Kier alpha value is -1.69. The quantitative estimate of drug-likeness (QED) is 0.715. The van der Waals surface area contributed by atoms with E-state index in [4.69, 9.17) is 26.3 Å². The number of thiophene rings is 1. The van der Waals surface area contributed by atoms with Gasteiger partial charge in [0.05, 0.1) is 28.6 Å². The molecule has 0 aliphatic carbocycles. The van der Waals surface area contributed by atoms with Gasteiger partial charge in [-0.3, -0.25) is 0 Å². The van der Waals surface area contributed by atoms with Gasteiger partial charge in [0.2, 0.25) is 0 Å². The number of ether oxygens (including phenoxy) is 1. The molecule has 0 amide bonds. The number of halogens is 1. The van der Waals surface area contributed by atoms with Crippen LogP contribution in [0, 0.1) is 0 Å². The van der Waals surface area contributed by atoms with E-state index in [-0.39, 0.29) is 0 Å². The van der Waals surface area contributed by atoms with Gasteiger partial charge >= 0.3 is 0 Å². The molecule has 1 aliphatic heterocycles. The van der Waals surface area contributed by atoms with Gasteiger partial charge in [0.25, 0.3) is 0 Å². The van der Waals surface area contributed by atoms with Gasteiger partial charge in [-0.2, -0.15) is 0 Å². The standard InChI is InChI=1S/C16H14ClN3OS/c17-12-5-10-22-14(12)15-18-13-4-2-1-3-11(13)16(19-15)20-6-8-21-9-7-20/h1-5,10H,6-9H2. The normalized spacial score (nSPS) is 15.4. The van der Waals surface area contributed by atoms with Crippen LogP contribution in [0.15, 0.2) is 35.7 Å². The third-order valence-electron chi connectivity index (χ3n) is 3.71. The van der Waals surface area contributed by atoms with Crippen molar-refractivity contribution in [2.45, 2.75) is 0 Å². The monoisotopic (exact) mass is 331 g/mol. The second-order valence-electron chi connectivity index (χ2n) is 5.09. The second-order valence-corrected chi connectivity index (χ2v) is 6.41. The van der Waals surface area contributed by atoms with E-state index >= 15 is 0 Å². The number of nitrogens with zero attached hydrogens (tertiary/aromatic N) is 3. The predicted octanol–water partition coefficient (Wildman–Crippen LogP) is 3.85. The molecule has 1 saturated heterocycles. The lowest BCUT2D eigenvalue weighted by atomic mass is 10.2. The highest BCUT2D eigenvalue weighted by Gasteiger charge is 2.19. The van der Waals surface area contributed by atoms with Crippen molar-refractivity contribution < 1.29 is 4.74 Å². The molecule has 4 rings (SSSR count). The van der Waals surface area contributed by atoms with Gasteiger partial charge in [0.15, 0.2) is 5.82 Å². The molecule has 0 radical (unpaired) electrons. The minimum absolute atomic E-state index is 0.695. The van der Waals surface area contributed by atoms with Crippen molar-refractivity contribution in [1.82, 2.24) is 9.97 Å². The summed E-state index contributed by atoms with van der Waals surface area (Å²) in [6.07, 6.45) is 0. The van der Waals surface area contributed by atoms with Crippen LogP contribution in [0.2, 0.25) is 5.02 Å². The Labute approximate surface area is 137 Å². The minimum Gasteiger partial charge on any atom is -0.378 e. The van der Waals surface area contributed by atoms with E-state index in [2.05, 4.69) is 11.0 Å². The number of benzene rings is 1. The molecule has 2 aromatic heterocycles. The van der Waals surface area contributed by atoms with Gasteiger partial charge in [-0.1, -0.05) is 23.7 Å². The van der Waals surface area contributed by atoms with Crippen LogP contribution in [0.25, 0.3) is 21.6 Å². The van der Waals surface area contributed by atoms with Crippen molar-refractivity contribution in [2.24, 2.45) is 0 Å². The van der Waals surface area contributed by atoms with Crippen molar-refractivity contribution >= 4 is 39.7 Å². The molecule has 3 heterocycles. The zero-order chi connectivity index (χ0) is 14.9. The lowest BCUT2D eigenvalue weighted by Crippen LogP contribution is -2.37. The smallest absolute Gasteiger partial charge is 0.173 e. The highest BCUT2D eigenvalue weighted by Crippen LogP contribution is 2.34. The predicted molar refractivity (Wildman–Crippen MR) is 90.9 cm³/mol. The number of aromatic nitrogens is 2. The Morgan fingerprint density at radius 3 is 2.68 bits per heavy atom. The second kappa shape index (κ2) is 5.83. The van der Waals surface area contributed by atoms with Gasteiger partial charge < -0.3 is 9.64 Å². The number of rotatable bonds is 2. The van der Waals surface area contributed by atoms with Crippen LogP contribution in [0.3, 0.4) is 0 Å². The van der Waals surface area contributed by atoms with E-state index in [0.29, 0.717) is 10.8 Å². The summed E-state index contributed by atoms with van der Waals surface area (Å²) in [6.45, 7) is 3.15. The molecular weight excluding hydrogens is 318 g/mol. The van der Waals surface area contributed by atoms with E-state index < -0.39 is 0 Å². The molecule has 3 aromatic rings. The summed E-state index contributed by atoms with van der Waals surface area (Å²) in [7, 11) is 0. The Balaban J connectivity index is 1.91. The first-order chi connectivity index (χ1) is 10.8. The molecule has 112 valence electrons. The highest BCUT2D eigenvalue weighted by atomic mass is 35.5. The van der Waals surface area contributed by atoms with E-state index in [9.17, 15) is 0 Å². The Kier molecular flexibility index (Phi) is 3.70. The Bertz CT molecular complexity index is 814. The van der Waals surface area contributed by atoms with Gasteiger partial charge in [0, 0.05) is 18.5 Å². The van der Waals surface area contributed by atoms with Crippen LogP contribution < -0.4 is 4.90 Å². The van der Waals surface area contributed by atoms with Crippen LogP contribution >= 0.6 is 22.9 Å². The summed E-state index contributed by atoms with van der Waals surface area (Å²) >= 11 is 7.83. The maximum atomic E-state index is 6.26. The lowest BCUT2D eigenvalue weighted by molar-refractivity contribution is 0.122. The third kappa shape index (κ3) is 2.45. The van der Waals surface area contributed by atoms with Crippen LogP contribution in [0.4, 0.5) is 5.82 Å². The average molecular weight is 332 g/mol. The first-order valence-corrected chi connectivity index (χ1v) is 8.41. The maximum Gasteiger partial charge on any atom is 0.173 e. The van der Waals surface area contributed by atoms with Crippen molar-refractivity contribution in [2.75, 3.05) is 31.2 Å². The SMILES string of the molecule is Clc1ccsc1-c1nc(N2CCOCC2)c2ccccc2n1. The number of morpholine rings is 1. The van der Waals surface area contributed by atoms with Crippen LogP contribution in [-0.4, -0.2) is 36.3 Å². The summed E-state index contributed by atoms with van der Waals surface area (Å²) in [5.41, 5.74) is 0.943. The van der Waals surface area contributed by atoms with Crippen molar-refractivity contribution in [3.05, 3.63) is 40.7 Å². The lowest BCUT2D eigenvalue weighted by Gasteiger charge is -2.28. The first kappa shape index (κ1) is 13.9. The first-order valence-electron chi connectivity index (χ1n) is 7.16. The molecule has 22 heavy (non-hydrogen) atoms. The molecule has 6 heteroatoms. The van der Waals surface area contributed by atoms with E-state index in [0.717, 1.165) is 47.9 Å². The molecule has 0 N–H and O–H groups in total. The van der Waals surface area contributed by atoms with Crippen molar-refractivity contribution in [3.8, 4) is 10.7 Å². The van der Waals surface area contributed by atoms with E-state index in [1.165, 1.54) is 0 Å². The molecule has 4 nitrogen and oxygen atoms in total. The fraction of sp³-hybridized carbons (Fsp3) is 0.250. The Morgan fingerprint density at radius 2 is 1.91 bits per heavy atom. The maximum absolute atomic E-state index is 6.26. The van der Waals surface area contributed by atoms with E-state index in [1.54, 1.807) is 11.3 Å². The summed E-state index contributed by atoms with van der Waals surface area (Å²) in [4.78, 5) is 12.7. The number of fused-ring (bicyclic) bond motifs is 1. The van der Waals surface area contributed by atoms with Gasteiger partial charge in [-0.05, 0) is 23.6 Å². The van der Waals surface area contributed by atoms with Crippen molar-refractivity contribution in [1.29, 1.82) is 0 Å². The molecule has 0 unspecified atom stereocenters. The number of anilines is 1. The zero-order valence-electron chi connectivity index (χ0n) is 11.8. The van der Waals surface area contributed by atoms with Gasteiger partial charge in [-0.25, -0.2) is 9.97 Å². The summed E-state index contributed by atoms with van der Waals surface area (Å²) in [6, 6.07) is 9.99. The van der Waals surface area contributed by atoms with Crippen LogP contribution in [0.1, 0.15) is 0 Å². The van der Waals surface area contributed by atoms with Gasteiger partial charge in [0.1, 0.15) is 5.82 Å².